The highest BCUT2D eigenvalue weighted by molar-refractivity contribution is 5.96. The molecule has 0 spiro atoms. The van der Waals surface area contributed by atoms with E-state index < -0.39 is 35.1 Å². The van der Waals surface area contributed by atoms with Crippen molar-refractivity contribution in [1.82, 2.24) is 15.2 Å². The van der Waals surface area contributed by atoms with Gasteiger partial charge in [0.05, 0.1) is 29.2 Å². The normalized spacial score (nSPS) is 12.3. The molecular weight excluding hydrogens is 414 g/mol. The maximum atomic E-state index is 13.5. The van der Waals surface area contributed by atoms with E-state index >= 15 is 0 Å². The number of hydrogen-bond acceptors (Lipinski definition) is 3. The molecule has 11 heteroatoms. The quantitative estimate of drug-likeness (QED) is 0.374. The average molecular weight is 426 g/mol. The third-order valence-electron chi connectivity index (χ3n) is 3.88. The van der Waals surface area contributed by atoms with E-state index in [1.807, 2.05) is 5.43 Å². The Kier molecular flexibility index (Phi) is 5.63. The van der Waals surface area contributed by atoms with E-state index in [0.717, 1.165) is 30.6 Å². The SMILES string of the molecule is O=C(NN=Cc1cccc(C(F)(F)F)c1)c1cnn(-c2ccccc2)c1C(F)(F)F. The molecule has 3 rings (SSSR count). The summed E-state index contributed by atoms with van der Waals surface area (Å²) in [6.45, 7) is 0. The largest absolute Gasteiger partial charge is 0.434 e. The molecule has 1 aromatic heterocycles. The van der Waals surface area contributed by atoms with Crippen LogP contribution in [0, 0.1) is 0 Å². The lowest BCUT2D eigenvalue weighted by molar-refractivity contribution is -0.143. The van der Waals surface area contributed by atoms with E-state index in [2.05, 4.69) is 10.2 Å². The van der Waals surface area contributed by atoms with Crippen LogP contribution in [0.15, 0.2) is 65.9 Å². The molecule has 1 heterocycles. The summed E-state index contributed by atoms with van der Waals surface area (Å²) in [5, 5.41) is 7.09. The van der Waals surface area contributed by atoms with Gasteiger partial charge in [-0.05, 0) is 29.8 Å². The molecule has 1 amide bonds. The highest BCUT2D eigenvalue weighted by Crippen LogP contribution is 2.33. The second kappa shape index (κ2) is 8.01. The van der Waals surface area contributed by atoms with Gasteiger partial charge in [0, 0.05) is 0 Å². The van der Waals surface area contributed by atoms with Crippen molar-refractivity contribution in [2.45, 2.75) is 12.4 Å². The van der Waals surface area contributed by atoms with Crippen LogP contribution in [0.5, 0.6) is 0 Å². The molecule has 0 aliphatic rings. The van der Waals surface area contributed by atoms with E-state index in [9.17, 15) is 31.1 Å². The van der Waals surface area contributed by atoms with Crippen LogP contribution < -0.4 is 5.43 Å². The number of benzene rings is 2. The molecule has 156 valence electrons. The van der Waals surface area contributed by atoms with E-state index in [0.29, 0.717) is 4.68 Å². The molecule has 2 aromatic carbocycles. The minimum absolute atomic E-state index is 0.00107. The van der Waals surface area contributed by atoms with Crippen LogP contribution in [-0.2, 0) is 12.4 Å². The smallest absolute Gasteiger partial charge is 0.267 e. The maximum Gasteiger partial charge on any atom is 0.434 e. The molecule has 0 unspecified atom stereocenters. The molecule has 3 aromatic rings. The Hall–Kier alpha value is -3.63. The van der Waals surface area contributed by atoms with Gasteiger partial charge in [-0.2, -0.15) is 36.5 Å². The lowest BCUT2D eigenvalue weighted by atomic mass is 10.1. The van der Waals surface area contributed by atoms with Crippen molar-refractivity contribution < 1.29 is 31.1 Å². The minimum Gasteiger partial charge on any atom is -0.267 e. The molecule has 0 saturated carbocycles. The molecule has 30 heavy (non-hydrogen) atoms. The molecule has 0 atom stereocenters. The Bertz CT molecular complexity index is 1070. The summed E-state index contributed by atoms with van der Waals surface area (Å²) < 4.78 is 79.3. The monoisotopic (exact) mass is 426 g/mol. The van der Waals surface area contributed by atoms with Crippen molar-refractivity contribution in [3.63, 3.8) is 0 Å². The van der Waals surface area contributed by atoms with Crippen molar-refractivity contribution in [3.05, 3.63) is 83.2 Å². The summed E-state index contributed by atoms with van der Waals surface area (Å²) in [4.78, 5) is 12.2. The molecule has 0 fully saturated rings. The van der Waals surface area contributed by atoms with Gasteiger partial charge in [0.1, 0.15) is 0 Å². The number of aromatic nitrogens is 2. The summed E-state index contributed by atoms with van der Waals surface area (Å²) in [7, 11) is 0. The van der Waals surface area contributed by atoms with Gasteiger partial charge in [0.25, 0.3) is 5.91 Å². The van der Waals surface area contributed by atoms with Crippen LogP contribution in [0.1, 0.15) is 27.2 Å². The standard InChI is InChI=1S/C19H12F6N4O/c20-18(21,22)13-6-4-5-12(9-13)10-26-28-17(30)15-11-27-29(16(15)19(23,24)25)14-7-2-1-3-8-14/h1-11H,(H,28,30). The van der Waals surface area contributed by atoms with Crippen molar-refractivity contribution in [2.75, 3.05) is 0 Å². The number of nitrogens with one attached hydrogen (secondary N) is 1. The first kappa shape index (κ1) is 21.1. The fraction of sp³-hybridized carbons (Fsp3) is 0.105. The number of hydrazone groups is 1. The summed E-state index contributed by atoms with van der Waals surface area (Å²) in [6, 6.07) is 11.5. The van der Waals surface area contributed by atoms with Gasteiger partial charge in [-0.3, -0.25) is 4.79 Å². The number of rotatable bonds is 4. The number of para-hydroxylation sites is 1. The number of alkyl halides is 6. The van der Waals surface area contributed by atoms with Crippen LogP contribution in [0.2, 0.25) is 0 Å². The van der Waals surface area contributed by atoms with E-state index in [1.165, 1.54) is 30.3 Å². The van der Waals surface area contributed by atoms with Crippen LogP contribution in [0.3, 0.4) is 0 Å². The Morgan fingerprint density at radius 3 is 2.30 bits per heavy atom. The van der Waals surface area contributed by atoms with Gasteiger partial charge in [-0.25, -0.2) is 10.1 Å². The van der Waals surface area contributed by atoms with Crippen molar-refractivity contribution >= 4 is 12.1 Å². The van der Waals surface area contributed by atoms with Crippen LogP contribution in [0.4, 0.5) is 26.3 Å². The van der Waals surface area contributed by atoms with E-state index in [-0.39, 0.29) is 11.3 Å². The number of amides is 1. The first-order valence-corrected chi connectivity index (χ1v) is 8.28. The fourth-order valence-corrected chi connectivity index (χ4v) is 2.57. The van der Waals surface area contributed by atoms with Crippen molar-refractivity contribution in [1.29, 1.82) is 0 Å². The number of halogens is 6. The average Bonchev–Trinajstić information content (AvgIpc) is 3.14. The Morgan fingerprint density at radius 2 is 1.67 bits per heavy atom. The Morgan fingerprint density at radius 1 is 0.967 bits per heavy atom. The van der Waals surface area contributed by atoms with Crippen LogP contribution in [0.25, 0.3) is 5.69 Å². The van der Waals surface area contributed by atoms with Gasteiger partial charge in [0.2, 0.25) is 0 Å². The highest BCUT2D eigenvalue weighted by Gasteiger charge is 2.40. The predicted molar refractivity (Wildman–Crippen MR) is 95.1 cm³/mol. The third-order valence-corrected chi connectivity index (χ3v) is 3.88. The molecule has 0 aliphatic carbocycles. The summed E-state index contributed by atoms with van der Waals surface area (Å²) in [6.07, 6.45) is -7.84. The number of carbonyl (C=O) groups is 1. The van der Waals surface area contributed by atoms with Crippen LogP contribution in [-0.4, -0.2) is 21.9 Å². The van der Waals surface area contributed by atoms with Crippen molar-refractivity contribution in [2.24, 2.45) is 5.10 Å². The molecule has 5 nitrogen and oxygen atoms in total. The maximum absolute atomic E-state index is 13.5. The zero-order valence-electron chi connectivity index (χ0n) is 14.9. The molecule has 0 radical (unpaired) electrons. The second-order valence-electron chi connectivity index (χ2n) is 5.97. The molecular formula is C19H12F6N4O. The van der Waals surface area contributed by atoms with Gasteiger partial charge >= 0.3 is 12.4 Å². The van der Waals surface area contributed by atoms with E-state index in [4.69, 9.17) is 0 Å². The Labute approximate surface area is 165 Å². The summed E-state index contributed by atoms with van der Waals surface area (Å²) in [5.74, 6) is -1.22. The number of nitrogens with zero attached hydrogens (tertiary/aromatic N) is 3. The zero-order chi connectivity index (χ0) is 21.9. The lowest BCUT2D eigenvalue weighted by Gasteiger charge is -2.12. The molecule has 0 bridgehead atoms. The molecule has 1 N–H and O–H groups in total. The topological polar surface area (TPSA) is 59.3 Å². The minimum atomic E-state index is -4.90. The molecule has 0 aliphatic heterocycles. The Balaban J connectivity index is 1.84. The third kappa shape index (κ3) is 4.67. The van der Waals surface area contributed by atoms with Crippen LogP contribution >= 0.6 is 0 Å². The van der Waals surface area contributed by atoms with Gasteiger partial charge in [-0.15, -0.1) is 0 Å². The first-order valence-electron chi connectivity index (χ1n) is 8.28. The predicted octanol–water partition coefficient (Wildman–Crippen LogP) is 4.67. The summed E-state index contributed by atoms with van der Waals surface area (Å²) >= 11 is 0. The zero-order valence-corrected chi connectivity index (χ0v) is 14.9. The van der Waals surface area contributed by atoms with Gasteiger partial charge in [-0.1, -0.05) is 30.3 Å². The van der Waals surface area contributed by atoms with E-state index in [1.54, 1.807) is 6.07 Å². The number of carbonyl (C=O) groups excluding carboxylic acids is 1. The van der Waals surface area contributed by atoms with Gasteiger partial charge < -0.3 is 0 Å². The summed E-state index contributed by atoms with van der Waals surface area (Å²) in [5.41, 5.74) is -1.05. The fourth-order valence-electron chi connectivity index (χ4n) is 2.57. The lowest BCUT2D eigenvalue weighted by Crippen LogP contribution is -2.23. The highest BCUT2D eigenvalue weighted by atomic mass is 19.4. The molecule has 0 saturated heterocycles. The first-order chi connectivity index (χ1) is 14.1. The van der Waals surface area contributed by atoms with Gasteiger partial charge in [0.15, 0.2) is 5.69 Å². The number of hydrogen-bond donors (Lipinski definition) is 1. The van der Waals surface area contributed by atoms with Crippen molar-refractivity contribution in [3.8, 4) is 5.69 Å². The second-order valence-corrected chi connectivity index (χ2v) is 5.97.